The van der Waals surface area contributed by atoms with Gasteiger partial charge < -0.3 is 14.0 Å². The second-order valence-electron chi connectivity index (χ2n) is 3.40. The first kappa shape index (κ1) is 16.5. The minimum absolute atomic E-state index is 0.0765. The molecule has 1 aromatic rings. The third-order valence-corrected chi connectivity index (χ3v) is 3.54. The van der Waals surface area contributed by atoms with Crippen molar-refractivity contribution in [1.29, 1.82) is 0 Å². The average molecular weight is 304 g/mol. The second-order valence-corrected chi connectivity index (χ2v) is 5.00. The Morgan fingerprint density at radius 1 is 1.05 bits per heavy atom. The molecule has 0 bridgehead atoms. The Hall–Kier alpha value is -1.56. The molecule has 0 aliphatic carbocycles. The highest BCUT2D eigenvalue weighted by Crippen LogP contribution is 2.49. The lowest BCUT2D eigenvalue weighted by molar-refractivity contribution is 0.105. The number of hydrogen-bond acceptors (Lipinski definition) is 7. The van der Waals surface area contributed by atoms with Crippen LogP contribution in [0.15, 0.2) is 24.3 Å². The van der Waals surface area contributed by atoms with Gasteiger partial charge in [-0.15, -0.1) is 0 Å². The molecular weight excluding hydrogens is 287 g/mol. The number of phosphoric acid groups is 1. The topological polar surface area (TPSA) is 80.3 Å². The number of carbonyl (C=O) groups is 1. The maximum atomic E-state index is 11.9. The third kappa shape index (κ3) is 5.21. The molecule has 0 N–H and O–H groups in total. The first-order valence-electron chi connectivity index (χ1n) is 5.97. The summed E-state index contributed by atoms with van der Waals surface area (Å²) in [5.74, 6) is 0.829. The van der Waals surface area contributed by atoms with Crippen LogP contribution in [0.4, 0.5) is 4.79 Å². The van der Waals surface area contributed by atoms with Crippen molar-refractivity contribution < 1.29 is 32.4 Å². The van der Waals surface area contributed by atoms with Gasteiger partial charge in [0.2, 0.25) is 0 Å². The average Bonchev–Trinajstić information content (AvgIpc) is 2.39. The van der Waals surface area contributed by atoms with E-state index in [0.29, 0.717) is 5.75 Å². The molecule has 7 nitrogen and oxygen atoms in total. The highest BCUT2D eigenvalue weighted by Gasteiger charge is 2.31. The van der Waals surface area contributed by atoms with Crippen LogP contribution in [-0.4, -0.2) is 26.5 Å². The molecule has 8 heteroatoms. The lowest BCUT2D eigenvalue weighted by atomic mass is 10.3. The van der Waals surface area contributed by atoms with Gasteiger partial charge in [0, 0.05) is 0 Å². The summed E-state index contributed by atoms with van der Waals surface area (Å²) in [6, 6.07) is 6.22. The van der Waals surface area contributed by atoms with E-state index in [9.17, 15) is 9.36 Å². The van der Waals surface area contributed by atoms with Gasteiger partial charge in [-0.25, -0.2) is 9.36 Å². The molecule has 0 aromatic heterocycles. The summed E-state index contributed by atoms with van der Waals surface area (Å²) in [6.07, 6.45) is -1.17. The number of benzene rings is 1. The van der Waals surface area contributed by atoms with Gasteiger partial charge in [-0.1, -0.05) is 0 Å². The molecule has 1 aromatic carbocycles. The molecule has 0 aliphatic rings. The van der Waals surface area contributed by atoms with E-state index in [1.807, 2.05) is 0 Å². The van der Waals surface area contributed by atoms with E-state index in [0.717, 1.165) is 0 Å². The maximum Gasteiger partial charge on any atom is 0.534 e. The third-order valence-electron chi connectivity index (χ3n) is 2.02. The molecule has 0 aliphatic heterocycles. The fourth-order valence-corrected chi connectivity index (χ4v) is 2.29. The Kier molecular flexibility index (Phi) is 6.51. The van der Waals surface area contributed by atoms with Crippen LogP contribution in [0, 0.1) is 0 Å². The standard InChI is InChI=1S/C12H17O7P/c1-4-16-20(14,17-5-2)19-12(13)18-11-8-6-10(15-3)7-9-11/h6-9H,4-5H2,1-3H3. The lowest BCUT2D eigenvalue weighted by Crippen LogP contribution is -2.11. The molecule has 0 radical (unpaired) electrons. The molecular formula is C12H17O7P. The van der Waals surface area contributed by atoms with Gasteiger partial charge in [0.25, 0.3) is 0 Å². The minimum atomic E-state index is -3.93. The normalized spacial score (nSPS) is 10.9. The van der Waals surface area contributed by atoms with Crippen LogP contribution in [0.2, 0.25) is 0 Å². The fourth-order valence-electron chi connectivity index (χ4n) is 1.26. The molecule has 0 amide bonds. The number of hydrogen-bond donors (Lipinski definition) is 0. The van der Waals surface area contributed by atoms with E-state index in [-0.39, 0.29) is 19.0 Å². The molecule has 112 valence electrons. The van der Waals surface area contributed by atoms with Gasteiger partial charge >= 0.3 is 14.0 Å². The molecule has 0 saturated heterocycles. The van der Waals surface area contributed by atoms with Gasteiger partial charge in [-0.05, 0) is 38.1 Å². The van der Waals surface area contributed by atoms with Gasteiger partial charge in [0.05, 0.1) is 20.3 Å². The molecule has 0 unspecified atom stereocenters. The first-order chi connectivity index (χ1) is 9.53. The van der Waals surface area contributed by atoms with Crippen LogP contribution < -0.4 is 9.47 Å². The van der Waals surface area contributed by atoms with Crippen molar-refractivity contribution in [3.63, 3.8) is 0 Å². The van der Waals surface area contributed by atoms with E-state index in [2.05, 4.69) is 4.52 Å². The van der Waals surface area contributed by atoms with E-state index >= 15 is 0 Å². The maximum absolute atomic E-state index is 11.9. The molecule has 0 heterocycles. The second kappa shape index (κ2) is 7.89. The number of ether oxygens (including phenoxy) is 2. The SMILES string of the molecule is CCOP(=O)(OCC)OC(=O)Oc1ccc(OC)cc1. The highest BCUT2D eigenvalue weighted by molar-refractivity contribution is 7.49. The number of rotatable bonds is 7. The summed E-state index contributed by atoms with van der Waals surface area (Å²) < 4.78 is 36.0. The Morgan fingerprint density at radius 2 is 1.55 bits per heavy atom. The highest BCUT2D eigenvalue weighted by atomic mass is 31.2. The monoisotopic (exact) mass is 304 g/mol. The van der Waals surface area contributed by atoms with Crippen LogP contribution in [-0.2, 0) is 18.1 Å². The van der Waals surface area contributed by atoms with Gasteiger partial charge in [0.1, 0.15) is 11.5 Å². The summed E-state index contributed by atoms with van der Waals surface area (Å²) in [4.78, 5) is 11.5. The Morgan fingerprint density at radius 3 is 2.00 bits per heavy atom. The Balaban J connectivity index is 2.62. The van der Waals surface area contributed by atoms with Crippen LogP contribution >= 0.6 is 7.82 Å². The van der Waals surface area contributed by atoms with E-state index in [4.69, 9.17) is 18.5 Å². The zero-order chi connectivity index (χ0) is 15.0. The van der Waals surface area contributed by atoms with Crippen LogP contribution in [0.5, 0.6) is 11.5 Å². The van der Waals surface area contributed by atoms with Crippen LogP contribution in [0.25, 0.3) is 0 Å². The summed E-state index contributed by atoms with van der Waals surface area (Å²) in [5, 5.41) is 0. The van der Waals surface area contributed by atoms with Crippen LogP contribution in [0.1, 0.15) is 13.8 Å². The first-order valence-corrected chi connectivity index (χ1v) is 7.43. The van der Waals surface area contributed by atoms with E-state index in [1.54, 1.807) is 26.0 Å². The fraction of sp³-hybridized carbons (Fsp3) is 0.417. The predicted molar refractivity (Wildman–Crippen MR) is 71.0 cm³/mol. The smallest absolute Gasteiger partial charge is 0.497 e. The zero-order valence-electron chi connectivity index (χ0n) is 11.5. The van der Waals surface area contributed by atoms with Crippen molar-refractivity contribution in [1.82, 2.24) is 0 Å². The minimum Gasteiger partial charge on any atom is -0.497 e. The lowest BCUT2D eigenvalue weighted by Gasteiger charge is -2.15. The van der Waals surface area contributed by atoms with Gasteiger partial charge in [-0.3, -0.25) is 9.05 Å². The Labute approximate surface area is 117 Å². The summed E-state index contributed by atoms with van der Waals surface area (Å²) in [6.45, 7) is 3.36. The molecule has 0 spiro atoms. The summed E-state index contributed by atoms with van der Waals surface area (Å²) in [5.41, 5.74) is 0. The molecule has 1 rings (SSSR count). The van der Waals surface area contributed by atoms with Crippen LogP contribution in [0.3, 0.4) is 0 Å². The van der Waals surface area contributed by atoms with Crippen molar-refractivity contribution in [3.8, 4) is 11.5 Å². The van der Waals surface area contributed by atoms with E-state index in [1.165, 1.54) is 19.2 Å². The number of phosphoric ester groups is 1. The van der Waals surface area contributed by atoms with Gasteiger partial charge in [-0.2, -0.15) is 0 Å². The molecule has 20 heavy (non-hydrogen) atoms. The summed E-state index contributed by atoms with van der Waals surface area (Å²) in [7, 11) is -2.41. The van der Waals surface area contributed by atoms with Gasteiger partial charge in [0.15, 0.2) is 0 Å². The molecule has 0 saturated carbocycles. The molecule has 0 fully saturated rings. The summed E-state index contributed by atoms with van der Waals surface area (Å²) >= 11 is 0. The number of methoxy groups -OCH3 is 1. The Bertz CT molecular complexity index is 461. The quantitative estimate of drug-likeness (QED) is 0.434. The largest absolute Gasteiger partial charge is 0.534 e. The number of carbonyl (C=O) groups excluding carboxylic acids is 1. The predicted octanol–water partition coefficient (Wildman–Crippen LogP) is 3.39. The van der Waals surface area contributed by atoms with Crippen molar-refractivity contribution in [3.05, 3.63) is 24.3 Å². The van der Waals surface area contributed by atoms with Crippen molar-refractivity contribution in [2.75, 3.05) is 20.3 Å². The van der Waals surface area contributed by atoms with E-state index < -0.39 is 14.0 Å². The van der Waals surface area contributed by atoms with Crippen molar-refractivity contribution in [2.24, 2.45) is 0 Å². The zero-order valence-corrected chi connectivity index (χ0v) is 12.4. The van der Waals surface area contributed by atoms with Crippen molar-refractivity contribution in [2.45, 2.75) is 13.8 Å². The molecule has 0 atom stereocenters. The van der Waals surface area contributed by atoms with Crippen molar-refractivity contribution >= 4 is 14.0 Å².